The standard InChI is InChI=1S/C12H18.C9H12/c1-9-6-7-11(8-10(9)2)12(3,4)5;1-7-4-5-8(2)9(3)6-7/h6-8H,1-5H3;4-6H,1-3H3. The van der Waals surface area contributed by atoms with Crippen molar-refractivity contribution in [2.45, 2.75) is 60.8 Å². The third-order valence-electron chi connectivity index (χ3n) is 4.04. The van der Waals surface area contributed by atoms with Crippen molar-refractivity contribution in [3.05, 3.63) is 69.8 Å². The molecule has 0 saturated heterocycles. The van der Waals surface area contributed by atoms with E-state index in [4.69, 9.17) is 0 Å². The van der Waals surface area contributed by atoms with E-state index in [1.165, 1.54) is 33.4 Å². The monoisotopic (exact) mass is 282 g/mol. The smallest absolute Gasteiger partial charge is 0.0132 e. The third kappa shape index (κ3) is 5.38. The van der Waals surface area contributed by atoms with Gasteiger partial charge in [-0.05, 0) is 67.9 Å². The van der Waals surface area contributed by atoms with Crippen LogP contribution < -0.4 is 0 Å². The largest absolute Gasteiger partial charge is 0.0590 e. The highest BCUT2D eigenvalue weighted by Crippen LogP contribution is 2.23. The summed E-state index contributed by atoms with van der Waals surface area (Å²) in [7, 11) is 0. The highest BCUT2D eigenvalue weighted by molar-refractivity contribution is 5.33. The number of hydrogen-bond donors (Lipinski definition) is 0. The summed E-state index contributed by atoms with van der Waals surface area (Å²) in [6.45, 7) is 17.5. The van der Waals surface area contributed by atoms with Crippen LogP contribution >= 0.6 is 0 Å². The van der Waals surface area contributed by atoms with Crippen molar-refractivity contribution >= 4 is 0 Å². The Morgan fingerprint density at radius 1 is 0.571 bits per heavy atom. The van der Waals surface area contributed by atoms with E-state index in [2.05, 4.69) is 91.8 Å². The van der Waals surface area contributed by atoms with Gasteiger partial charge in [-0.25, -0.2) is 0 Å². The summed E-state index contributed by atoms with van der Waals surface area (Å²) in [6, 6.07) is 13.2. The van der Waals surface area contributed by atoms with Crippen molar-refractivity contribution in [3.63, 3.8) is 0 Å². The molecule has 0 spiro atoms. The molecule has 0 aromatic heterocycles. The van der Waals surface area contributed by atoms with Crippen molar-refractivity contribution in [2.24, 2.45) is 0 Å². The topological polar surface area (TPSA) is 0 Å². The maximum absolute atomic E-state index is 2.29. The molecule has 0 saturated carbocycles. The van der Waals surface area contributed by atoms with E-state index in [0.29, 0.717) is 0 Å². The van der Waals surface area contributed by atoms with Crippen LogP contribution in [-0.4, -0.2) is 0 Å². The zero-order valence-corrected chi connectivity index (χ0v) is 15.0. The molecule has 2 aromatic rings. The lowest BCUT2D eigenvalue weighted by Gasteiger charge is -2.19. The SMILES string of the molecule is Cc1ccc(C(C)(C)C)cc1C.Cc1ccc(C)c(C)c1. The van der Waals surface area contributed by atoms with Crippen LogP contribution in [0.3, 0.4) is 0 Å². The number of hydrogen-bond acceptors (Lipinski definition) is 0. The first-order valence-electron chi connectivity index (χ1n) is 7.73. The van der Waals surface area contributed by atoms with E-state index in [9.17, 15) is 0 Å². The van der Waals surface area contributed by atoms with Crippen LogP contribution in [0.15, 0.2) is 36.4 Å². The molecule has 0 N–H and O–H groups in total. The Balaban J connectivity index is 0.000000219. The fourth-order valence-corrected chi connectivity index (χ4v) is 2.10. The summed E-state index contributed by atoms with van der Waals surface area (Å²) in [5, 5.41) is 0. The molecule has 2 rings (SSSR count). The number of rotatable bonds is 0. The second-order valence-electron chi connectivity index (χ2n) is 7.14. The second-order valence-corrected chi connectivity index (χ2v) is 7.14. The lowest BCUT2D eigenvalue weighted by molar-refractivity contribution is 0.589. The van der Waals surface area contributed by atoms with Gasteiger partial charge in [-0.15, -0.1) is 0 Å². The summed E-state index contributed by atoms with van der Waals surface area (Å²) in [5.41, 5.74) is 8.57. The minimum Gasteiger partial charge on any atom is -0.0590 e. The van der Waals surface area contributed by atoms with E-state index in [-0.39, 0.29) is 5.41 Å². The highest BCUT2D eigenvalue weighted by atomic mass is 14.2. The van der Waals surface area contributed by atoms with E-state index in [1.807, 2.05) is 0 Å². The zero-order chi connectivity index (χ0) is 16.2. The molecular formula is C21H30. The van der Waals surface area contributed by atoms with Crippen LogP contribution in [0.1, 0.15) is 54.2 Å². The molecule has 21 heavy (non-hydrogen) atoms. The van der Waals surface area contributed by atoms with Gasteiger partial charge in [0.1, 0.15) is 0 Å². The first kappa shape index (κ1) is 17.5. The fraction of sp³-hybridized carbons (Fsp3) is 0.429. The Morgan fingerprint density at radius 2 is 1.05 bits per heavy atom. The van der Waals surface area contributed by atoms with Crippen LogP contribution in [-0.2, 0) is 5.41 Å². The summed E-state index contributed by atoms with van der Waals surface area (Å²) < 4.78 is 0. The quantitative estimate of drug-likeness (QED) is 0.538. The van der Waals surface area contributed by atoms with Crippen molar-refractivity contribution in [2.75, 3.05) is 0 Å². The first-order valence-corrected chi connectivity index (χ1v) is 7.73. The molecule has 2 aromatic carbocycles. The Hall–Kier alpha value is -1.56. The Morgan fingerprint density at radius 3 is 1.43 bits per heavy atom. The number of benzene rings is 2. The first-order chi connectivity index (χ1) is 9.61. The van der Waals surface area contributed by atoms with Gasteiger partial charge in [-0.3, -0.25) is 0 Å². The predicted molar refractivity (Wildman–Crippen MR) is 95.3 cm³/mol. The summed E-state index contributed by atoms with van der Waals surface area (Å²) in [6.07, 6.45) is 0. The van der Waals surface area contributed by atoms with Crippen molar-refractivity contribution in [1.29, 1.82) is 0 Å². The molecule has 0 heterocycles. The molecule has 0 unspecified atom stereocenters. The minimum atomic E-state index is 0.276. The summed E-state index contributed by atoms with van der Waals surface area (Å²) in [5.74, 6) is 0. The molecule has 0 bridgehead atoms. The van der Waals surface area contributed by atoms with Crippen molar-refractivity contribution in [3.8, 4) is 0 Å². The van der Waals surface area contributed by atoms with Gasteiger partial charge in [0.05, 0.1) is 0 Å². The van der Waals surface area contributed by atoms with E-state index in [0.717, 1.165) is 0 Å². The average molecular weight is 282 g/mol. The summed E-state index contributed by atoms with van der Waals surface area (Å²) in [4.78, 5) is 0. The molecule has 114 valence electrons. The fourth-order valence-electron chi connectivity index (χ4n) is 2.10. The van der Waals surface area contributed by atoms with Gasteiger partial charge in [0.2, 0.25) is 0 Å². The number of aryl methyl sites for hydroxylation is 5. The molecule has 0 atom stereocenters. The molecule has 0 aliphatic rings. The second kappa shape index (κ2) is 6.93. The minimum absolute atomic E-state index is 0.276. The van der Waals surface area contributed by atoms with Gasteiger partial charge < -0.3 is 0 Å². The van der Waals surface area contributed by atoms with Crippen LogP contribution in [0.4, 0.5) is 0 Å². The average Bonchev–Trinajstić information content (AvgIpc) is 2.37. The lowest BCUT2D eigenvalue weighted by Crippen LogP contribution is -2.11. The van der Waals surface area contributed by atoms with Gasteiger partial charge in [-0.2, -0.15) is 0 Å². The third-order valence-corrected chi connectivity index (χ3v) is 4.04. The molecule has 0 fully saturated rings. The molecule has 0 aliphatic carbocycles. The van der Waals surface area contributed by atoms with Crippen LogP contribution in [0, 0.1) is 34.6 Å². The van der Waals surface area contributed by atoms with Crippen LogP contribution in [0.25, 0.3) is 0 Å². The van der Waals surface area contributed by atoms with Gasteiger partial charge in [0, 0.05) is 0 Å². The predicted octanol–water partition coefficient (Wildman–Crippen LogP) is 6.21. The molecule has 0 amide bonds. The molecule has 0 heteroatoms. The Labute approximate surface area is 131 Å². The summed E-state index contributed by atoms with van der Waals surface area (Å²) >= 11 is 0. The molecule has 0 radical (unpaired) electrons. The van der Waals surface area contributed by atoms with Crippen LogP contribution in [0.2, 0.25) is 0 Å². The maximum Gasteiger partial charge on any atom is -0.0132 e. The maximum atomic E-state index is 2.29. The highest BCUT2D eigenvalue weighted by Gasteiger charge is 2.13. The van der Waals surface area contributed by atoms with Crippen LogP contribution in [0.5, 0.6) is 0 Å². The van der Waals surface area contributed by atoms with Gasteiger partial charge >= 0.3 is 0 Å². The molecule has 0 aliphatic heterocycles. The molecular weight excluding hydrogens is 252 g/mol. The van der Waals surface area contributed by atoms with Crippen molar-refractivity contribution < 1.29 is 0 Å². The van der Waals surface area contributed by atoms with E-state index in [1.54, 1.807) is 0 Å². The van der Waals surface area contributed by atoms with E-state index < -0.39 is 0 Å². The lowest BCUT2D eigenvalue weighted by atomic mass is 9.85. The normalized spacial score (nSPS) is 10.9. The Bertz CT molecular complexity index is 598. The van der Waals surface area contributed by atoms with Crippen molar-refractivity contribution in [1.82, 2.24) is 0 Å². The molecule has 0 nitrogen and oxygen atoms in total. The zero-order valence-electron chi connectivity index (χ0n) is 15.0. The van der Waals surface area contributed by atoms with Gasteiger partial charge in [-0.1, -0.05) is 62.7 Å². The Kier molecular flexibility index (Phi) is 5.78. The van der Waals surface area contributed by atoms with E-state index >= 15 is 0 Å². The van der Waals surface area contributed by atoms with Gasteiger partial charge in [0.15, 0.2) is 0 Å². The van der Waals surface area contributed by atoms with Gasteiger partial charge in [0.25, 0.3) is 0 Å².